The molecule has 5 fully saturated rings. The van der Waals surface area contributed by atoms with E-state index in [0.29, 0.717) is 46.5 Å². The van der Waals surface area contributed by atoms with Gasteiger partial charge in [-0.25, -0.2) is 0 Å². The van der Waals surface area contributed by atoms with Crippen molar-refractivity contribution in [1.82, 2.24) is 5.32 Å². The van der Waals surface area contributed by atoms with Gasteiger partial charge in [0.2, 0.25) is 5.91 Å². The summed E-state index contributed by atoms with van der Waals surface area (Å²) >= 11 is 0. The molecule has 5 aliphatic carbocycles. The third kappa shape index (κ3) is 5.60. The molecule has 1 aromatic carbocycles. The zero-order valence-corrected chi connectivity index (χ0v) is 26.1. The first kappa shape index (κ1) is 29.2. The molecule has 1 amide bonds. The average molecular weight is 564 g/mol. The molecule has 5 heteroatoms. The number of hydrogen-bond donors (Lipinski definition) is 3. The van der Waals surface area contributed by atoms with Crippen molar-refractivity contribution in [2.75, 3.05) is 11.5 Å². The Hall–Kier alpha value is -1.91. The van der Waals surface area contributed by atoms with Gasteiger partial charge in [-0.15, -0.1) is 0 Å². The molecule has 0 bridgehead atoms. The van der Waals surface area contributed by atoms with Gasteiger partial charge in [-0.2, -0.15) is 0 Å². The highest BCUT2D eigenvalue weighted by Gasteiger charge is 2.60. The lowest BCUT2D eigenvalue weighted by molar-refractivity contribution is -0.127. The molecule has 0 heterocycles. The van der Waals surface area contributed by atoms with Crippen LogP contribution in [0.2, 0.25) is 0 Å². The minimum atomic E-state index is 0.261. The Balaban J connectivity index is 1.05. The van der Waals surface area contributed by atoms with E-state index < -0.39 is 0 Å². The van der Waals surface area contributed by atoms with Gasteiger partial charge in [0, 0.05) is 18.2 Å². The Labute approximate surface area is 249 Å². The second-order valence-electron chi connectivity index (χ2n) is 15.6. The van der Waals surface area contributed by atoms with E-state index in [4.69, 9.17) is 16.2 Å². The summed E-state index contributed by atoms with van der Waals surface area (Å²) in [6, 6.07) is 6.08. The summed E-state index contributed by atoms with van der Waals surface area (Å²) in [7, 11) is 0. The standard InChI is InChI=1S/C36H57N3O2/c1-23(9-16-34(40)39-26-7-5-4-6-8-26)29-13-14-30-28-12-10-24-21-27(41-33-15-11-25(37)22-32(33)38)17-19-35(24,2)31(28)18-20-36(29,30)3/h11,15,22-24,26-31H,4-10,12-14,16-21,37-38H2,1-3H3,(H,39,40)/t23-,24?,27?,28+,29-,30+,31+,35+,36-/m1/s1. The number of fused-ring (bicyclic) bond motifs is 5. The molecule has 5 nitrogen and oxygen atoms in total. The summed E-state index contributed by atoms with van der Waals surface area (Å²) in [5.41, 5.74) is 14.4. The Morgan fingerprint density at radius 1 is 0.951 bits per heavy atom. The molecule has 1 aromatic rings. The second kappa shape index (κ2) is 11.6. The van der Waals surface area contributed by atoms with Crippen LogP contribution in [-0.2, 0) is 4.79 Å². The van der Waals surface area contributed by atoms with Gasteiger partial charge in [0.25, 0.3) is 0 Å². The van der Waals surface area contributed by atoms with E-state index in [9.17, 15) is 4.79 Å². The van der Waals surface area contributed by atoms with Crippen LogP contribution in [0, 0.1) is 46.3 Å². The number of benzene rings is 1. The van der Waals surface area contributed by atoms with Crippen molar-refractivity contribution in [2.24, 2.45) is 46.3 Å². The zero-order valence-electron chi connectivity index (χ0n) is 26.1. The molecule has 0 radical (unpaired) electrons. The largest absolute Gasteiger partial charge is 0.488 e. The van der Waals surface area contributed by atoms with Crippen LogP contribution in [0.3, 0.4) is 0 Å². The van der Waals surface area contributed by atoms with Crippen molar-refractivity contribution < 1.29 is 9.53 Å². The van der Waals surface area contributed by atoms with Crippen molar-refractivity contribution >= 4 is 17.3 Å². The molecule has 0 saturated heterocycles. The average Bonchev–Trinajstić information content (AvgIpc) is 3.31. The fourth-order valence-electron chi connectivity index (χ4n) is 11.3. The fraction of sp³-hybridized carbons (Fsp3) is 0.806. The number of carbonyl (C=O) groups excluding carboxylic acids is 1. The molecule has 6 rings (SSSR count). The van der Waals surface area contributed by atoms with E-state index >= 15 is 0 Å². The molecule has 0 aliphatic heterocycles. The summed E-state index contributed by atoms with van der Waals surface area (Å²) in [6.45, 7) is 7.76. The van der Waals surface area contributed by atoms with E-state index in [2.05, 4.69) is 26.1 Å². The van der Waals surface area contributed by atoms with Gasteiger partial charge in [-0.1, -0.05) is 40.0 Å². The van der Waals surface area contributed by atoms with E-state index in [-0.39, 0.29) is 6.10 Å². The van der Waals surface area contributed by atoms with Crippen LogP contribution in [0.5, 0.6) is 5.75 Å². The third-order valence-electron chi connectivity index (χ3n) is 13.5. The number of nitrogen functional groups attached to an aromatic ring is 2. The lowest BCUT2D eigenvalue weighted by atomic mass is 9.44. The van der Waals surface area contributed by atoms with Gasteiger partial charge in [0.1, 0.15) is 5.75 Å². The number of nitrogens with one attached hydrogen (secondary N) is 1. The zero-order chi connectivity index (χ0) is 28.8. The van der Waals surface area contributed by atoms with E-state index in [1.807, 2.05) is 18.2 Å². The lowest BCUT2D eigenvalue weighted by Gasteiger charge is -2.61. The first-order valence-electron chi connectivity index (χ1n) is 17.3. The molecule has 5 aliphatic rings. The Kier molecular flexibility index (Phi) is 8.28. The molecule has 41 heavy (non-hydrogen) atoms. The quantitative estimate of drug-likeness (QED) is 0.292. The van der Waals surface area contributed by atoms with Crippen LogP contribution in [0.15, 0.2) is 18.2 Å². The van der Waals surface area contributed by atoms with E-state index in [0.717, 1.165) is 54.6 Å². The summed E-state index contributed by atoms with van der Waals surface area (Å²) in [5.74, 6) is 5.87. The Bertz CT molecular complexity index is 1080. The maximum atomic E-state index is 12.8. The van der Waals surface area contributed by atoms with Gasteiger partial charge in [-0.05, 0) is 142 Å². The number of ether oxygens (including phenoxy) is 1. The number of rotatable bonds is 7. The van der Waals surface area contributed by atoms with Gasteiger partial charge in [0.15, 0.2) is 0 Å². The number of amides is 1. The van der Waals surface area contributed by atoms with Crippen LogP contribution in [-0.4, -0.2) is 18.1 Å². The van der Waals surface area contributed by atoms with Crippen LogP contribution in [0.25, 0.3) is 0 Å². The molecule has 0 spiro atoms. The Morgan fingerprint density at radius 2 is 1.71 bits per heavy atom. The monoisotopic (exact) mass is 563 g/mol. The molecule has 2 unspecified atom stereocenters. The smallest absolute Gasteiger partial charge is 0.220 e. The van der Waals surface area contributed by atoms with E-state index in [1.165, 1.54) is 77.0 Å². The number of hydrogen-bond acceptors (Lipinski definition) is 4. The van der Waals surface area contributed by atoms with Gasteiger partial charge in [0.05, 0.1) is 11.8 Å². The summed E-state index contributed by atoms with van der Waals surface area (Å²) in [4.78, 5) is 12.8. The first-order chi connectivity index (χ1) is 19.7. The van der Waals surface area contributed by atoms with E-state index in [1.54, 1.807) is 0 Å². The number of carbonyl (C=O) groups is 1. The van der Waals surface area contributed by atoms with Crippen LogP contribution in [0.1, 0.15) is 124 Å². The van der Waals surface area contributed by atoms with Crippen molar-refractivity contribution in [3.8, 4) is 5.75 Å². The fourth-order valence-corrected chi connectivity index (χ4v) is 11.3. The number of anilines is 2. The minimum absolute atomic E-state index is 0.261. The molecule has 5 N–H and O–H groups in total. The minimum Gasteiger partial charge on any atom is -0.488 e. The van der Waals surface area contributed by atoms with Gasteiger partial charge >= 0.3 is 0 Å². The molecule has 228 valence electrons. The molecule has 5 saturated carbocycles. The SMILES string of the molecule is C[C@H](CCC(=O)NC1CCCCC1)[C@H]1CC[C@H]2[C@@H]3CCC4CC(Oc5ccc(N)cc5N)CC[C@]4(C)[C@H]3CC[C@]12C. The van der Waals surface area contributed by atoms with Crippen LogP contribution >= 0.6 is 0 Å². The van der Waals surface area contributed by atoms with Crippen molar-refractivity contribution in [3.63, 3.8) is 0 Å². The summed E-state index contributed by atoms with van der Waals surface area (Å²) in [6.07, 6.45) is 20.1. The van der Waals surface area contributed by atoms with Crippen molar-refractivity contribution in [1.29, 1.82) is 0 Å². The van der Waals surface area contributed by atoms with Crippen LogP contribution < -0.4 is 21.5 Å². The van der Waals surface area contributed by atoms with Crippen molar-refractivity contribution in [3.05, 3.63) is 18.2 Å². The second-order valence-corrected chi connectivity index (χ2v) is 15.6. The predicted octanol–water partition coefficient (Wildman–Crippen LogP) is 8.12. The Morgan fingerprint density at radius 3 is 2.49 bits per heavy atom. The first-order valence-corrected chi connectivity index (χ1v) is 17.3. The number of nitrogens with two attached hydrogens (primary N) is 2. The highest BCUT2D eigenvalue weighted by molar-refractivity contribution is 5.76. The molecular formula is C36H57N3O2. The molecular weight excluding hydrogens is 506 g/mol. The maximum Gasteiger partial charge on any atom is 0.220 e. The lowest BCUT2D eigenvalue weighted by Crippen LogP contribution is -2.54. The van der Waals surface area contributed by atoms with Crippen molar-refractivity contribution in [2.45, 2.75) is 136 Å². The summed E-state index contributed by atoms with van der Waals surface area (Å²) in [5, 5.41) is 3.36. The topological polar surface area (TPSA) is 90.4 Å². The highest BCUT2D eigenvalue weighted by atomic mass is 16.5. The van der Waals surface area contributed by atoms with Gasteiger partial charge < -0.3 is 21.5 Å². The van der Waals surface area contributed by atoms with Gasteiger partial charge in [-0.3, -0.25) is 4.79 Å². The van der Waals surface area contributed by atoms with Crippen LogP contribution in [0.4, 0.5) is 11.4 Å². The molecule has 0 aromatic heterocycles. The normalized spacial score (nSPS) is 39.7. The third-order valence-corrected chi connectivity index (χ3v) is 13.5. The predicted molar refractivity (Wildman–Crippen MR) is 168 cm³/mol. The summed E-state index contributed by atoms with van der Waals surface area (Å²) < 4.78 is 6.47. The maximum absolute atomic E-state index is 12.8. The molecule has 9 atom stereocenters. The highest BCUT2D eigenvalue weighted by Crippen LogP contribution is 2.68.